The van der Waals surface area contributed by atoms with Crippen molar-refractivity contribution in [1.29, 1.82) is 0 Å². The molecule has 0 aromatic heterocycles. The molecule has 1 heterocycles. The lowest BCUT2D eigenvalue weighted by atomic mass is 10.1. The number of amides is 3. The minimum Gasteiger partial charge on any atom is -0.452 e. The third kappa shape index (κ3) is 5.11. The molecule has 3 amide bonds. The number of imide groups is 1. The second-order valence-corrected chi connectivity index (χ2v) is 7.82. The summed E-state index contributed by atoms with van der Waals surface area (Å²) in [6.07, 6.45) is 1.45. The van der Waals surface area contributed by atoms with Crippen molar-refractivity contribution in [2.24, 2.45) is 0 Å². The lowest BCUT2D eigenvalue weighted by Crippen LogP contribution is -2.30. The minimum absolute atomic E-state index is 0.0841. The Morgan fingerprint density at radius 3 is 2.36 bits per heavy atom. The highest BCUT2D eigenvalue weighted by atomic mass is 16.5. The highest BCUT2D eigenvalue weighted by Gasteiger charge is 2.35. The Bertz CT molecular complexity index is 1090. The normalized spacial score (nSPS) is 12.5. The largest absolute Gasteiger partial charge is 0.452 e. The van der Waals surface area contributed by atoms with Crippen LogP contribution in [-0.2, 0) is 9.53 Å². The molecule has 0 bridgehead atoms. The number of hydrogen-bond donors (Lipinski definition) is 1. The fourth-order valence-corrected chi connectivity index (χ4v) is 3.71. The summed E-state index contributed by atoms with van der Waals surface area (Å²) in [5.74, 6) is -2.18. The standard InChI is InChI=1S/C25H27N3O5/c1-5-13-28-23(30)20-12-7-17(14-21(20)24(28)31)25(32)33-15-22(29)26-18-8-10-19(11-9-18)27(6-2)16(3)4/h5,7-12,14,16H,1,6,13,15H2,2-4H3,(H,26,29). The van der Waals surface area contributed by atoms with Gasteiger partial charge in [-0.05, 0) is 63.2 Å². The highest BCUT2D eigenvalue weighted by molar-refractivity contribution is 6.22. The van der Waals surface area contributed by atoms with Gasteiger partial charge in [0, 0.05) is 30.5 Å². The predicted octanol–water partition coefficient (Wildman–Crippen LogP) is 3.50. The SMILES string of the molecule is C=CCN1C(=O)c2ccc(C(=O)OCC(=O)Nc3ccc(N(CC)C(C)C)cc3)cc2C1=O. The fraction of sp³-hybridized carbons (Fsp3) is 0.280. The van der Waals surface area contributed by atoms with Crippen LogP contribution in [0.3, 0.4) is 0 Å². The molecule has 8 heteroatoms. The Morgan fingerprint density at radius 2 is 1.76 bits per heavy atom. The molecule has 33 heavy (non-hydrogen) atoms. The number of nitrogens with one attached hydrogen (secondary N) is 1. The zero-order valence-corrected chi connectivity index (χ0v) is 19.0. The van der Waals surface area contributed by atoms with Crippen molar-refractivity contribution in [3.63, 3.8) is 0 Å². The molecule has 0 saturated carbocycles. The maximum Gasteiger partial charge on any atom is 0.338 e. The number of ether oxygens (including phenoxy) is 1. The molecular weight excluding hydrogens is 422 g/mol. The lowest BCUT2D eigenvalue weighted by molar-refractivity contribution is -0.119. The molecule has 0 fully saturated rings. The number of benzene rings is 2. The summed E-state index contributed by atoms with van der Waals surface area (Å²) in [5, 5.41) is 2.69. The zero-order chi connectivity index (χ0) is 24.1. The number of carbonyl (C=O) groups is 4. The van der Waals surface area contributed by atoms with Crippen molar-refractivity contribution in [3.05, 3.63) is 71.8 Å². The van der Waals surface area contributed by atoms with E-state index in [4.69, 9.17) is 4.74 Å². The van der Waals surface area contributed by atoms with Crippen molar-refractivity contribution in [2.45, 2.75) is 26.8 Å². The monoisotopic (exact) mass is 449 g/mol. The van der Waals surface area contributed by atoms with E-state index in [0.29, 0.717) is 11.7 Å². The highest BCUT2D eigenvalue weighted by Crippen LogP contribution is 2.24. The maximum atomic E-state index is 12.4. The molecule has 2 aromatic carbocycles. The molecule has 1 N–H and O–H groups in total. The van der Waals surface area contributed by atoms with E-state index in [1.54, 1.807) is 12.1 Å². The van der Waals surface area contributed by atoms with Crippen LogP contribution in [0.2, 0.25) is 0 Å². The van der Waals surface area contributed by atoms with Gasteiger partial charge in [0.1, 0.15) is 0 Å². The van der Waals surface area contributed by atoms with Gasteiger partial charge >= 0.3 is 5.97 Å². The molecule has 2 aromatic rings. The van der Waals surface area contributed by atoms with E-state index in [0.717, 1.165) is 17.1 Å². The van der Waals surface area contributed by atoms with Crippen LogP contribution in [0.4, 0.5) is 11.4 Å². The summed E-state index contributed by atoms with van der Waals surface area (Å²) in [5.41, 5.74) is 2.07. The third-order valence-electron chi connectivity index (χ3n) is 5.30. The number of fused-ring (bicyclic) bond motifs is 1. The van der Waals surface area contributed by atoms with Crippen LogP contribution < -0.4 is 10.2 Å². The van der Waals surface area contributed by atoms with Gasteiger partial charge in [-0.3, -0.25) is 19.3 Å². The van der Waals surface area contributed by atoms with Gasteiger partial charge in [0.2, 0.25) is 0 Å². The van der Waals surface area contributed by atoms with E-state index in [-0.39, 0.29) is 23.2 Å². The van der Waals surface area contributed by atoms with Crippen LogP contribution in [0.25, 0.3) is 0 Å². The van der Waals surface area contributed by atoms with Crippen LogP contribution in [0.5, 0.6) is 0 Å². The Morgan fingerprint density at radius 1 is 1.09 bits per heavy atom. The Hall–Kier alpha value is -3.94. The van der Waals surface area contributed by atoms with E-state index in [2.05, 4.69) is 37.6 Å². The minimum atomic E-state index is -0.763. The maximum absolute atomic E-state index is 12.4. The molecule has 172 valence electrons. The van der Waals surface area contributed by atoms with E-state index in [9.17, 15) is 19.2 Å². The average Bonchev–Trinajstić information content (AvgIpc) is 3.03. The van der Waals surface area contributed by atoms with Crippen molar-refractivity contribution in [2.75, 3.05) is 29.9 Å². The predicted molar refractivity (Wildman–Crippen MR) is 126 cm³/mol. The summed E-state index contributed by atoms with van der Waals surface area (Å²) in [6.45, 7) is 10.3. The molecule has 3 rings (SSSR count). The Kier molecular flexibility index (Phi) is 7.27. The van der Waals surface area contributed by atoms with Gasteiger partial charge in [-0.25, -0.2) is 4.79 Å². The number of esters is 1. The lowest BCUT2D eigenvalue weighted by Gasteiger charge is -2.27. The molecule has 0 saturated heterocycles. The molecule has 1 aliphatic heterocycles. The van der Waals surface area contributed by atoms with Crippen molar-refractivity contribution in [3.8, 4) is 0 Å². The van der Waals surface area contributed by atoms with E-state index in [1.165, 1.54) is 24.3 Å². The summed E-state index contributed by atoms with van der Waals surface area (Å²) in [6, 6.07) is 11.9. The van der Waals surface area contributed by atoms with E-state index < -0.39 is 30.3 Å². The second kappa shape index (κ2) is 10.1. The van der Waals surface area contributed by atoms with Crippen LogP contribution in [0, 0.1) is 0 Å². The first-order chi connectivity index (χ1) is 15.8. The van der Waals surface area contributed by atoms with Crippen LogP contribution >= 0.6 is 0 Å². The molecule has 8 nitrogen and oxygen atoms in total. The molecule has 0 aliphatic carbocycles. The average molecular weight is 450 g/mol. The molecule has 0 unspecified atom stereocenters. The summed E-state index contributed by atoms with van der Waals surface area (Å²) in [4.78, 5) is 52.5. The van der Waals surface area contributed by atoms with Crippen LogP contribution in [-0.4, -0.2) is 54.3 Å². The fourth-order valence-electron chi connectivity index (χ4n) is 3.71. The number of hydrogen-bond acceptors (Lipinski definition) is 6. The molecule has 1 aliphatic rings. The number of anilines is 2. The van der Waals surface area contributed by atoms with Gasteiger partial charge < -0.3 is 15.0 Å². The summed E-state index contributed by atoms with van der Waals surface area (Å²) >= 11 is 0. The molecule has 0 radical (unpaired) electrons. The number of carbonyl (C=O) groups excluding carboxylic acids is 4. The van der Waals surface area contributed by atoms with E-state index in [1.807, 2.05) is 12.1 Å². The van der Waals surface area contributed by atoms with Crippen molar-refractivity contribution >= 4 is 35.1 Å². The van der Waals surface area contributed by atoms with Gasteiger partial charge in [0.05, 0.1) is 16.7 Å². The Labute approximate surface area is 192 Å². The first kappa shape index (κ1) is 23.7. The van der Waals surface area contributed by atoms with Crippen LogP contribution in [0.15, 0.2) is 55.1 Å². The summed E-state index contributed by atoms with van der Waals surface area (Å²) in [7, 11) is 0. The van der Waals surface area contributed by atoms with Gasteiger partial charge in [0.25, 0.3) is 17.7 Å². The summed E-state index contributed by atoms with van der Waals surface area (Å²) < 4.78 is 5.08. The van der Waals surface area contributed by atoms with Gasteiger partial charge in [-0.2, -0.15) is 0 Å². The smallest absolute Gasteiger partial charge is 0.338 e. The van der Waals surface area contributed by atoms with Gasteiger partial charge in [-0.15, -0.1) is 6.58 Å². The van der Waals surface area contributed by atoms with Crippen molar-refractivity contribution < 1.29 is 23.9 Å². The zero-order valence-electron chi connectivity index (χ0n) is 19.0. The molecular formula is C25H27N3O5. The third-order valence-corrected chi connectivity index (χ3v) is 5.30. The van der Waals surface area contributed by atoms with Gasteiger partial charge in [0.15, 0.2) is 6.61 Å². The first-order valence-corrected chi connectivity index (χ1v) is 10.7. The molecule has 0 spiro atoms. The Balaban J connectivity index is 1.58. The second-order valence-electron chi connectivity index (χ2n) is 7.82. The first-order valence-electron chi connectivity index (χ1n) is 10.7. The number of rotatable bonds is 9. The molecule has 0 atom stereocenters. The number of nitrogens with zero attached hydrogens (tertiary/aromatic N) is 2. The quantitative estimate of drug-likeness (QED) is 0.358. The van der Waals surface area contributed by atoms with Gasteiger partial charge in [-0.1, -0.05) is 6.08 Å². The van der Waals surface area contributed by atoms with Crippen LogP contribution in [0.1, 0.15) is 51.8 Å². The van der Waals surface area contributed by atoms with E-state index >= 15 is 0 Å². The topological polar surface area (TPSA) is 96.0 Å². The van der Waals surface area contributed by atoms with Crippen molar-refractivity contribution in [1.82, 2.24) is 4.90 Å².